The molecule has 132 valence electrons. The van der Waals surface area contributed by atoms with E-state index in [0.29, 0.717) is 17.0 Å². The molecule has 0 saturated heterocycles. The van der Waals surface area contributed by atoms with E-state index in [-0.39, 0.29) is 17.2 Å². The van der Waals surface area contributed by atoms with E-state index < -0.39 is 0 Å². The molecule has 0 radical (unpaired) electrons. The maximum absolute atomic E-state index is 12.6. The van der Waals surface area contributed by atoms with Crippen molar-refractivity contribution in [2.24, 2.45) is 0 Å². The van der Waals surface area contributed by atoms with Crippen LogP contribution in [0, 0.1) is 0 Å². The van der Waals surface area contributed by atoms with Crippen molar-refractivity contribution in [1.29, 1.82) is 0 Å². The zero-order valence-corrected chi connectivity index (χ0v) is 17.1. The van der Waals surface area contributed by atoms with Crippen LogP contribution in [0.3, 0.4) is 0 Å². The summed E-state index contributed by atoms with van der Waals surface area (Å²) in [6.45, 7) is 4.57. The molecule has 0 fully saturated rings. The minimum atomic E-state index is -0.118. The molecule has 25 heavy (non-hydrogen) atoms. The number of amides is 1. The highest BCUT2D eigenvalue weighted by atomic mass is 79.9. The average molecular weight is 440 g/mol. The summed E-state index contributed by atoms with van der Waals surface area (Å²) < 4.78 is 2.61. The van der Waals surface area contributed by atoms with Crippen molar-refractivity contribution in [3.8, 4) is 0 Å². The number of anilines is 1. The van der Waals surface area contributed by atoms with Gasteiger partial charge in [0.15, 0.2) is 5.16 Å². The van der Waals surface area contributed by atoms with Gasteiger partial charge in [0.05, 0.1) is 16.3 Å². The monoisotopic (exact) mass is 439 g/mol. The van der Waals surface area contributed by atoms with Crippen molar-refractivity contribution < 1.29 is 4.79 Å². The predicted octanol–water partition coefficient (Wildman–Crippen LogP) is 3.79. The van der Waals surface area contributed by atoms with Crippen molar-refractivity contribution in [3.63, 3.8) is 0 Å². The molecule has 1 amide bonds. The predicted molar refractivity (Wildman–Crippen MR) is 107 cm³/mol. The van der Waals surface area contributed by atoms with Crippen molar-refractivity contribution in [2.45, 2.75) is 42.1 Å². The van der Waals surface area contributed by atoms with Gasteiger partial charge in [-0.3, -0.25) is 14.2 Å². The highest BCUT2D eigenvalue weighted by Gasteiger charge is 2.26. The lowest BCUT2D eigenvalue weighted by Gasteiger charge is -2.11. The molecule has 1 aromatic carbocycles. The first-order valence-corrected chi connectivity index (χ1v) is 10.6. The van der Waals surface area contributed by atoms with E-state index in [1.165, 1.54) is 11.8 Å². The molecule has 0 aliphatic carbocycles. The number of hydrogen-bond acceptors (Lipinski definition) is 5. The number of carbonyl (C=O) groups excluding carboxylic acids is 1. The number of hydrogen-bond donors (Lipinski definition) is 1. The van der Waals surface area contributed by atoms with Crippen molar-refractivity contribution >= 4 is 51.0 Å². The van der Waals surface area contributed by atoms with Crippen LogP contribution in [0.1, 0.15) is 19.5 Å². The fourth-order valence-electron chi connectivity index (χ4n) is 2.58. The maximum atomic E-state index is 12.6. The standard InChI is InChI=1S/C17H18BrN3O2S2/c1-3-21-16(23)15-13(8-10(2)25-15)20-17(21)24-9-14(22)19-12-6-4-11(18)5-7-12/h4-7,10H,3,8-9H2,1-2H3,(H,19,22). The largest absolute Gasteiger partial charge is 0.325 e. The summed E-state index contributed by atoms with van der Waals surface area (Å²) in [5.41, 5.74) is 1.62. The van der Waals surface area contributed by atoms with Crippen LogP contribution in [-0.2, 0) is 17.8 Å². The summed E-state index contributed by atoms with van der Waals surface area (Å²) in [6.07, 6.45) is 0.804. The summed E-state index contributed by atoms with van der Waals surface area (Å²) in [6, 6.07) is 7.42. The number of halogens is 1. The van der Waals surface area contributed by atoms with Crippen molar-refractivity contribution in [1.82, 2.24) is 9.55 Å². The minimum Gasteiger partial charge on any atom is -0.325 e. The third kappa shape index (κ3) is 4.30. The molecule has 0 saturated carbocycles. The van der Waals surface area contributed by atoms with Gasteiger partial charge in [-0.2, -0.15) is 0 Å². The summed E-state index contributed by atoms with van der Waals surface area (Å²) >= 11 is 6.26. The summed E-state index contributed by atoms with van der Waals surface area (Å²) in [4.78, 5) is 30.2. The smallest absolute Gasteiger partial charge is 0.268 e. The number of carbonyl (C=O) groups is 1. The van der Waals surface area contributed by atoms with Crippen LogP contribution in [0.15, 0.2) is 43.6 Å². The Balaban J connectivity index is 1.71. The van der Waals surface area contributed by atoms with Crippen LogP contribution in [-0.4, -0.2) is 26.5 Å². The lowest BCUT2D eigenvalue weighted by molar-refractivity contribution is -0.113. The van der Waals surface area contributed by atoms with Gasteiger partial charge in [-0.05, 0) is 31.2 Å². The minimum absolute atomic E-state index is 0.0117. The Morgan fingerprint density at radius 1 is 1.44 bits per heavy atom. The summed E-state index contributed by atoms with van der Waals surface area (Å²) in [7, 11) is 0. The molecule has 3 rings (SSSR count). The van der Waals surface area contributed by atoms with Gasteiger partial charge in [0.25, 0.3) is 5.56 Å². The molecule has 1 aliphatic heterocycles. The third-order valence-electron chi connectivity index (χ3n) is 3.74. The molecule has 1 aromatic heterocycles. The van der Waals surface area contributed by atoms with Crippen LogP contribution >= 0.6 is 39.5 Å². The first kappa shape index (κ1) is 18.5. The fourth-order valence-corrected chi connectivity index (χ4v) is 4.84. The average Bonchev–Trinajstić information content (AvgIpc) is 2.96. The lowest BCUT2D eigenvalue weighted by Crippen LogP contribution is -2.25. The first-order chi connectivity index (χ1) is 12.0. The van der Waals surface area contributed by atoms with Gasteiger partial charge in [-0.1, -0.05) is 34.6 Å². The molecule has 1 N–H and O–H groups in total. The fraction of sp³-hybridized carbons (Fsp3) is 0.353. The van der Waals surface area contributed by atoms with E-state index in [2.05, 4.69) is 33.2 Å². The quantitative estimate of drug-likeness (QED) is 0.566. The van der Waals surface area contributed by atoms with E-state index in [4.69, 9.17) is 0 Å². The molecular weight excluding hydrogens is 422 g/mol. The second kappa shape index (κ2) is 7.97. The van der Waals surface area contributed by atoms with Gasteiger partial charge < -0.3 is 5.32 Å². The van der Waals surface area contributed by atoms with Gasteiger partial charge >= 0.3 is 0 Å². The van der Waals surface area contributed by atoms with Crippen LogP contribution in [0.2, 0.25) is 0 Å². The van der Waals surface area contributed by atoms with Gasteiger partial charge in [-0.25, -0.2) is 4.98 Å². The number of aromatic nitrogens is 2. The van der Waals surface area contributed by atoms with Crippen molar-refractivity contribution in [3.05, 3.63) is 44.8 Å². The topological polar surface area (TPSA) is 64.0 Å². The number of nitrogens with one attached hydrogen (secondary N) is 1. The van der Waals surface area contributed by atoms with E-state index in [1.807, 2.05) is 31.2 Å². The van der Waals surface area contributed by atoms with Gasteiger partial charge in [0.1, 0.15) is 0 Å². The second-order valence-electron chi connectivity index (χ2n) is 5.70. The Labute approximate surface area is 163 Å². The van der Waals surface area contributed by atoms with Gasteiger partial charge in [0, 0.05) is 28.4 Å². The zero-order valence-electron chi connectivity index (χ0n) is 13.9. The number of nitrogens with zero attached hydrogens (tertiary/aromatic N) is 2. The van der Waals surface area contributed by atoms with E-state index >= 15 is 0 Å². The van der Waals surface area contributed by atoms with E-state index in [1.54, 1.807) is 16.3 Å². The van der Waals surface area contributed by atoms with Crippen molar-refractivity contribution in [2.75, 3.05) is 11.1 Å². The third-order valence-corrected chi connectivity index (χ3v) is 6.46. The molecule has 1 aliphatic rings. The number of rotatable bonds is 5. The van der Waals surface area contributed by atoms with Gasteiger partial charge in [0.2, 0.25) is 5.91 Å². The Morgan fingerprint density at radius 3 is 2.84 bits per heavy atom. The normalized spacial score (nSPS) is 15.9. The molecule has 2 aromatic rings. The summed E-state index contributed by atoms with van der Waals surface area (Å²) in [5, 5.41) is 3.84. The van der Waals surface area contributed by atoms with Crippen LogP contribution in [0.5, 0.6) is 0 Å². The Kier molecular flexibility index (Phi) is 5.91. The Hall–Kier alpha value is -1.25. The Morgan fingerprint density at radius 2 is 2.16 bits per heavy atom. The number of benzene rings is 1. The lowest BCUT2D eigenvalue weighted by atomic mass is 10.2. The SMILES string of the molecule is CCn1c(SCC(=O)Nc2ccc(Br)cc2)nc2c(c1=O)SC(C)C2. The highest BCUT2D eigenvalue weighted by Crippen LogP contribution is 2.34. The van der Waals surface area contributed by atoms with Crippen LogP contribution in [0.4, 0.5) is 5.69 Å². The van der Waals surface area contributed by atoms with Crippen LogP contribution in [0.25, 0.3) is 0 Å². The number of fused-ring (bicyclic) bond motifs is 1. The molecule has 1 unspecified atom stereocenters. The summed E-state index contributed by atoms with van der Waals surface area (Å²) in [5.74, 6) is 0.0942. The van der Waals surface area contributed by atoms with E-state index in [9.17, 15) is 9.59 Å². The zero-order chi connectivity index (χ0) is 18.0. The molecule has 0 spiro atoms. The molecule has 0 bridgehead atoms. The molecule has 2 heterocycles. The van der Waals surface area contributed by atoms with Crippen LogP contribution < -0.4 is 10.9 Å². The Bertz CT molecular complexity index is 852. The molecule has 8 heteroatoms. The number of thioether (sulfide) groups is 2. The van der Waals surface area contributed by atoms with Gasteiger partial charge in [-0.15, -0.1) is 11.8 Å². The molecule has 1 atom stereocenters. The highest BCUT2D eigenvalue weighted by molar-refractivity contribution is 9.10. The molecule has 5 nitrogen and oxygen atoms in total. The first-order valence-electron chi connectivity index (χ1n) is 7.96. The van der Waals surface area contributed by atoms with E-state index in [0.717, 1.165) is 27.2 Å². The second-order valence-corrected chi connectivity index (χ2v) is 9.00. The maximum Gasteiger partial charge on any atom is 0.268 e. The molecular formula is C17H18BrN3O2S2.